The highest BCUT2D eigenvalue weighted by molar-refractivity contribution is 6.35. The molecule has 0 bridgehead atoms. The minimum atomic E-state index is -0.517. The predicted octanol–water partition coefficient (Wildman–Crippen LogP) is 2.46. The zero-order chi connectivity index (χ0) is 15.0. The lowest BCUT2D eigenvalue weighted by Crippen LogP contribution is -2.33. The van der Waals surface area contributed by atoms with Crippen LogP contribution >= 0.6 is 0 Å². The number of carbonyl (C=O) groups excluding carboxylic acids is 2. The van der Waals surface area contributed by atoms with Crippen molar-refractivity contribution in [3.05, 3.63) is 35.9 Å². The maximum atomic E-state index is 11.7. The minimum Gasteiger partial charge on any atom is -0.444 e. The third-order valence-corrected chi connectivity index (χ3v) is 2.18. The average Bonchev–Trinajstić information content (AvgIpc) is 2.37. The van der Waals surface area contributed by atoms with Gasteiger partial charge in [0.1, 0.15) is 5.60 Å². The number of nitrogens with one attached hydrogen (secondary N) is 1. The Hall–Kier alpha value is -2.17. The van der Waals surface area contributed by atoms with Crippen LogP contribution < -0.4 is 5.32 Å². The highest BCUT2D eigenvalue weighted by atomic mass is 16.6. The smallest absolute Gasteiger partial charge is 0.407 e. The molecule has 1 aromatic carbocycles. The third-order valence-electron chi connectivity index (χ3n) is 2.18. The number of nitrogens with zero attached hydrogens (tertiary/aromatic N) is 1. The number of Topliss-reactive ketones (excluding diaryl/α,β-unsaturated/α-hetero) is 1. The second kappa shape index (κ2) is 7.43. The van der Waals surface area contributed by atoms with Gasteiger partial charge in [-0.1, -0.05) is 30.3 Å². The first-order valence-electron chi connectivity index (χ1n) is 6.44. The molecule has 20 heavy (non-hydrogen) atoms. The van der Waals surface area contributed by atoms with Gasteiger partial charge in [0.25, 0.3) is 0 Å². The quantitative estimate of drug-likeness (QED) is 0.510. The molecule has 1 aromatic rings. The molecule has 0 spiro atoms. The van der Waals surface area contributed by atoms with E-state index in [-0.39, 0.29) is 5.78 Å². The van der Waals surface area contributed by atoms with Gasteiger partial charge in [-0.25, -0.2) is 4.79 Å². The summed E-state index contributed by atoms with van der Waals surface area (Å²) in [6.07, 6.45) is 0.786. The highest BCUT2D eigenvalue weighted by Gasteiger charge is 2.15. The predicted molar refractivity (Wildman–Crippen MR) is 78.4 cm³/mol. The number of hydrogen-bond acceptors (Lipinski definition) is 4. The molecule has 1 N–H and O–H groups in total. The number of carbonyl (C=O) groups is 2. The first kappa shape index (κ1) is 15.9. The number of ketones is 1. The number of hydrogen-bond donors (Lipinski definition) is 1. The standard InChI is InChI=1S/C15H20N2O3/c1-15(2,3)20-14(19)17-10-9-16-11-13(18)12-7-5-4-6-8-12/h4-8,11H,9-10H2,1-3H3,(H,17,19). The number of amides is 1. The molecule has 0 aromatic heterocycles. The van der Waals surface area contributed by atoms with Crippen LogP contribution in [0.2, 0.25) is 0 Å². The Balaban J connectivity index is 2.26. The van der Waals surface area contributed by atoms with E-state index in [0.29, 0.717) is 18.7 Å². The first-order chi connectivity index (χ1) is 9.38. The maximum Gasteiger partial charge on any atom is 0.407 e. The van der Waals surface area contributed by atoms with Gasteiger partial charge in [0.15, 0.2) is 0 Å². The van der Waals surface area contributed by atoms with Gasteiger partial charge >= 0.3 is 6.09 Å². The molecule has 108 valence electrons. The molecule has 0 atom stereocenters. The molecule has 1 amide bonds. The Bertz CT molecular complexity index is 476. The van der Waals surface area contributed by atoms with E-state index in [0.717, 1.165) is 0 Å². The van der Waals surface area contributed by atoms with Crippen molar-refractivity contribution in [3.8, 4) is 0 Å². The zero-order valence-corrected chi connectivity index (χ0v) is 12.1. The van der Waals surface area contributed by atoms with Crippen LogP contribution in [0.1, 0.15) is 31.1 Å². The summed E-state index contributed by atoms with van der Waals surface area (Å²) in [6.45, 7) is 6.04. The van der Waals surface area contributed by atoms with Crippen LogP contribution in [0.15, 0.2) is 35.3 Å². The van der Waals surface area contributed by atoms with E-state index < -0.39 is 11.7 Å². The van der Waals surface area contributed by atoms with Crippen LogP contribution in [0, 0.1) is 0 Å². The molecule has 0 aliphatic carbocycles. The second-order valence-electron chi connectivity index (χ2n) is 5.19. The molecule has 1 rings (SSSR count). The van der Waals surface area contributed by atoms with E-state index >= 15 is 0 Å². The fraction of sp³-hybridized carbons (Fsp3) is 0.400. The summed E-state index contributed by atoms with van der Waals surface area (Å²) in [5.41, 5.74) is 0.0766. The first-order valence-corrected chi connectivity index (χ1v) is 6.44. The van der Waals surface area contributed by atoms with Crippen molar-refractivity contribution < 1.29 is 14.3 Å². The fourth-order valence-electron chi connectivity index (χ4n) is 1.36. The van der Waals surface area contributed by atoms with Crippen LogP contribution in [-0.4, -0.2) is 36.8 Å². The summed E-state index contributed by atoms with van der Waals surface area (Å²) in [5, 5.41) is 2.57. The monoisotopic (exact) mass is 276 g/mol. The van der Waals surface area contributed by atoms with Crippen LogP contribution in [0.5, 0.6) is 0 Å². The summed E-state index contributed by atoms with van der Waals surface area (Å²) < 4.78 is 5.07. The topological polar surface area (TPSA) is 67.8 Å². The lowest BCUT2D eigenvalue weighted by molar-refractivity contribution is 0.0529. The molecular weight excluding hydrogens is 256 g/mol. The third kappa shape index (κ3) is 6.68. The zero-order valence-electron chi connectivity index (χ0n) is 12.1. The molecule has 0 unspecified atom stereocenters. The molecular formula is C15H20N2O3. The summed E-state index contributed by atoms with van der Waals surface area (Å²) in [5.74, 6) is -0.150. The van der Waals surface area contributed by atoms with Crippen LogP contribution in [0.25, 0.3) is 0 Å². The second-order valence-corrected chi connectivity index (χ2v) is 5.19. The van der Waals surface area contributed by atoms with E-state index in [1.165, 1.54) is 6.21 Å². The normalized spacial score (nSPS) is 11.3. The van der Waals surface area contributed by atoms with E-state index in [2.05, 4.69) is 10.3 Å². The van der Waals surface area contributed by atoms with Crippen LogP contribution in [0.4, 0.5) is 4.79 Å². The van der Waals surface area contributed by atoms with Crippen molar-refractivity contribution in [1.29, 1.82) is 0 Å². The van der Waals surface area contributed by atoms with Gasteiger partial charge in [0.2, 0.25) is 5.78 Å². The van der Waals surface area contributed by atoms with E-state index in [1.807, 2.05) is 6.07 Å². The van der Waals surface area contributed by atoms with Crippen molar-refractivity contribution >= 4 is 18.1 Å². The van der Waals surface area contributed by atoms with Gasteiger partial charge < -0.3 is 10.1 Å². The SMILES string of the molecule is CC(C)(C)OC(=O)NCCN=CC(=O)c1ccccc1. The molecule has 5 nitrogen and oxygen atoms in total. The van der Waals surface area contributed by atoms with Gasteiger partial charge in [-0.2, -0.15) is 0 Å². The summed E-state index contributed by atoms with van der Waals surface area (Å²) in [4.78, 5) is 27.0. The Morgan fingerprint density at radius 1 is 1.25 bits per heavy atom. The van der Waals surface area contributed by atoms with Crippen LogP contribution in [-0.2, 0) is 4.74 Å². The number of rotatable bonds is 5. The lowest BCUT2D eigenvalue weighted by Gasteiger charge is -2.19. The van der Waals surface area contributed by atoms with Crippen molar-refractivity contribution in [2.75, 3.05) is 13.1 Å². The number of alkyl carbamates (subject to hydrolysis) is 1. The maximum absolute atomic E-state index is 11.7. The van der Waals surface area contributed by atoms with Gasteiger partial charge in [-0.15, -0.1) is 0 Å². The lowest BCUT2D eigenvalue weighted by atomic mass is 10.1. The minimum absolute atomic E-state index is 0.150. The fourth-order valence-corrected chi connectivity index (χ4v) is 1.36. The Morgan fingerprint density at radius 3 is 2.50 bits per heavy atom. The van der Waals surface area contributed by atoms with Gasteiger partial charge in [-0.05, 0) is 20.8 Å². The summed E-state index contributed by atoms with van der Waals surface area (Å²) >= 11 is 0. The molecule has 0 heterocycles. The number of benzene rings is 1. The molecule has 0 saturated heterocycles. The Morgan fingerprint density at radius 2 is 1.90 bits per heavy atom. The van der Waals surface area contributed by atoms with Gasteiger partial charge in [0, 0.05) is 12.1 Å². The number of ether oxygens (including phenoxy) is 1. The highest BCUT2D eigenvalue weighted by Crippen LogP contribution is 2.06. The molecule has 0 aliphatic heterocycles. The van der Waals surface area contributed by atoms with E-state index in [4.69, 9.17) is 4.74 Å². The number of aliphatic imine (C=N–C) groups is 1. The Kier molecular flexibility index (Phi) is 5.90. The Labute approximate surface area is 119 Å². The van der Waals surface area contributed by atoms with Crippen molar-refractivity contribution in [2.24, 2.45) is 4.99 Å². The largest absolute Gasteiger partial charge is 0.444 e. The van der Waals surface area contributed by atoms with Gasteiger partial charge in [0.05, 0.1) is 12.8 Å². The molecule has 0 aliphatic rings. The molecule has 0 fully saturated rings. The van der Waals surface area contributed by atoms with E-state index in [1.54, 1.807) is 45.0 Å². The van der Waals surface area contributed by atoms with Crippen molar-refractivity contribution in [3.63, 3.8) is 0 Å². The summed E-state index contributed by atoms with van der Waals surface area (Å²) in [6, 6.07) is 8.90. The van der Waals surface area contributed by atoms with Crippen LogP contribution in [0.3, 0.4) is 0 Å². The van der Waals surface area contributed by atoms with Crippen molar-refractivity contribution in [1.82, 2.24) is 5.32 Å². The molecule has 0 saturated carbocycles. The molecule has 5 heteroatoms. The van der Waals surface area contributed by atoms with Crippen molar-refractivity contribution in [2.45, 2.75) is 26.4 Å². The van der Waals surface area contributed by atoms with Gasteiger partial charge in [-0.3, -0.25) is 9.79 Å². The average molecular weight is 276 g/mol. The van der Waals surface area contributed by atoms with E-state index in [9.17, 15) is 9.59 Å². The summed E-state index contributed by atoms with van der Waals surface area (Å²) in [7, 11) is 0. The molecule has 0 radical (unpaired) electrons.